The lowest BCUT2D eigenvalue weighted by Crippen LogP contribution is -2.36. The second kappa shape index (κ2) is 10.6. The van der Waals surface area contributed by atoms with Crippen molar-refractivity contribution in [2.75, 3.05) is 16.4 Å². The fourth-order valence-corrected chi connectivity index (χ4v) is 3.44. The summed E-state index contributed by atoms with van der Waals surface area (Å²) in [4.78, 5) is 37.4. The Hall–Kier alpha value is -3.58. The fourth-order valence-electron chi connectivity index (χ4n) is 3.17. The molecule has 0 fully saturated rings. The van der Waals surface area contributed by atoms with Crippen molar-refractivity contribution in [2.24, 2.45) is 5.73 Å². The number of amides is 2. The largest absolute Gasteiger partial charge is 0.373 e. The topological polar surface area (TPSA) is 101 Å². The fraction of sp³-hybridized carbons (Fsp3) is 0.160. The van der Waals surface area contributed by atoms with E-state index in [1.165, 1.54) is 0 Å². The molecule has 2 amide bonds. The van der Waals surface area contributed by atoms with Crippen LogP contribution in [0.4, 0.5) is 11.4 Å². The number of ketones is 1. The van der Waals surface area contributed by atoms with Gasteiger partial charge in [0.2, 0.25) is 11.8 Å². The minimum Gasteiger partial charge on any atom is -0.373 e. The lowest BCUT2D eigenvalue weighted by Gasteiger charge is -2.17. The number of aryl methyl sites for hydroxylation is 1. The molecule has 0 bridgehead atoms. The van der Waals surface area contributed by atoms with E-state index in [-0.39, 0.29) is 23.9 Å². The van der Waals surface area contributed by atoms with Crippen LogP contribution in [0.3, 0.4) is 0 Å². The van der Waals surface area contributed by atoms with Crippen molar-refractivity contribution in [3.8, 4) is 0 Å². The van der Waals surface area contributed by atoms with Crippen LogP contribution in [-0.2, 0) is 16.0 Å². The smallest absolute Gasteiger partial charge is 0.240 e. The number of nitrogens with one attached hydrogen (secondary N) is 2. The Kier molecular flexibility index (Phi) is 7.68. The van der Waals surface area contributed by atoms with Crippen LogP contribution in [0.1, 0.15) is 27.0 Å². The first kappa shape index (κ1) is 23.1. The molecule has 7 heteroatoms. The molecule has 1 atom stereocenters. The summed E-state index contributed by atoms with van der Waals surface area (Å²) in [6.45, 7) is 1.98. The Morgan fingerprint density at radius 3 is 2.28 bits per heavy atom. The maximum Gasteiger partial charge on any atom is 0.240 e. The Bertz CT molecular complexity index is 1120. The third kappa shape index (κ3) is 5.98. The van der Waals surface area contributed by atoms with E-state index in [4.69, 9.17) is 5.73 Å². The summed E-state index contributed by atoms with van der Waals surface area (Å²) in [5.74, 6) is -0.832. The average molecular weight is 448 g/mol. The van der Waals surface area contributed by atoms with Gasteiger partial charge in [0.05, 0.1) is 12.1 Å². The van der Waals surface area contributed by atoms with Crippen LogP contribution in [0, 0.1) is 6.92 Å². The van der Waals surface area contributed by atoms with Gasteiger partial charge in [-0.25, -0.2) is 0 Å². The van der Waals surface area contributed by atoms with Crippen LogP contribution in [-0.4, -0.2) is 29.4 Å². The number of nitrogens with two attached hydrogens (primary N) is 1. The Morgan fingerprint density at radius 1 is 0.969 bits per heavy atom. The molecule has 0 saturated carbocycles. The number of rotatable bonds is 9. The molecule has 0 spiro atoms. The van der Waals surface area contributed by atoms with Crippen molar-refractivity contribution in [1.29, 1.82) is 0 Å². The molecule has 4 N–H and O–H groups in total. The van der Waals surface area contributed by atoms with Crippen molar-refractivity contribution < 1.29 is 14.4 Å². The van der Waals surface area contributed by atoms with E-state index in [0.717, 1.165) is 11.1 Å². The average Bonchev–Trinajstić information content (AvgIpc) is 2.79. The lowest BCUT2D eigenvalue weighted by atomic mass is 10.0. The van der Waals surface area contributed by atoms with Gasteiger partial charge in [-0.1, -0.05) is 60.2 Å². The number of hydrogen-bond acceptors (Lipinski definition) is 5. The van der Waals surface area contributed by atoms with Crippen LogP contribution >= 0.6 is 12.6 Å². The third-order valence-electron chi connectivity index (χ3n) is 4.93. The molecule has 3 aromatic rings. The van der Waals surface area contributed by atoms with Crippen molar-refractivity contribution in [2.45, 2.75) is 19.4 Å². The number of anilines is 2. The van der Waals surface area contributed by atoms with E-state index >= 15 is 0 Å². The highest BCUT2D eigenvalue weighted by Gasteiger charge is 2.19. The van der Waals surface area contributed by atoms with Crippen molar-refractivity contribution in [3.63, 3.8) is 0 Å². The van der Waals surface area contributed by atoms with Crippen LogP contribution in [0.25, 0.3) is 0 Å². The summed E-state index contributed by atoms with van der Waals surface area (Å²) in [5.41, 5.74) is 9.09. The van der Waals surface area contributed by atoms with Crippen LogP contribution in [0.5, 0.6) is 0 Å². The van der Waals surface area contributed by atoms with E-state index in [1.54, 1.807) is 42.5 Å². The Labute approximate surface area is 192 Å². The number of carbonyl (C=O) groups excluding carboxylic acids is 3. The van der Waals surface area contributed by atoms with E-state index < -0.39 is 11.9 Å². The second-order valence-electron chi connectivity index (χ2n) is 7.45. The quantitative estimate of drug-likeness (QED) is 0.297. The molecule has 164 valence electrons. The lowest BCUT2D eigenvalue weighted by molar-refractivity contribution is -0.118. The maximum atomic E-state index is 13.2. The molecule has 0 aliphatic heterocycles. The molecule has 3 aromatic carbocycles. The monoisotopic (exact) mass is 447 g/mol. The zero-order chi connectivity index (χ0) is 23.1. The predicted octanol–water partition coefficient (Wildman–Crippen LogP) is 3.60. The summed E-state index contributed by atoms with van der Waals surface area (Å²) in [6, 6.07) is 20.7. The number of primary amides is 1. The van der Waals surface area contributed by atoms with Gasteiger partial charge in [-0.3, -0.25) is 14.4 Å². The molecule has 0 aliphatic rings. The first-order chi connectivity index (χ1) is 15.4. The highest BCUT2D eigenvalue weighted by molar-refractivity contribution is 7.80. The molecule has 0 aromatic heterocycles. The van der Waals surface area contributed by atoms with Gasteiger partial charge < -0.3 is 16.4 Å². The van der Waals surface area contributed by atoms with Gasteiger partial charge in [-0.15, -0.1) is 0 Å². The third-order valence-corrected chi connectivity index (χ3v) is 5.29. The van der Waals surface area contributed by atoms with Gasteiger partial charge in [0.25, 0.3) is 0 Å². The first-order valence-corrected chi connectivity index (χ1v) is 10.8. The molecular formula is C25H25N3O3S. The normalized spacial score (nSPS) is 11.4. The van der Waals surface area contributed by atoms with E-state index in [2.05, 4.69) is 23.3 Å². The van der Waals surface area contributed by atoms with Gasteiger partial charge in [0.1, 0.15) is 6.04 Å². The minimum atomic E-state index is -0.694. The molecule has 32 heavy (non-hydrogen) atoms. The Balaban J connectivity index is 1.89. The van der Waals surface area contributed by atoms with Gasteiger partial charge in [-0.2, -0.15) is 12.6 Å². The molecule has 0 saturated heterocycles. The van der Waals surface area contributed by atoms with Crippen LogP contribution < -0.4 is 16.4 Å². The van der Waals surface area contributed by atoms with E-state index in [0.29, 0.717) is 22.5 Å². The number of thiol groups is 1. The molecule has 0 radical (unpaired) electrons. The van der Waals surface area contributed by atoms with Gasteiger partial charge in [0.15, 0.2) is 5.78 Å². The summed E-state index contributed by atoms with van der Waals surface area (Å²) in [7, 11) is 0. The summed E-state index contributed by atoms with van der Waals surface area (Å²) in [5, 5.41) is 5.83. The number of carbonyl (C=O) groups is 3. The molecule has 0 aliphatic carbocycles. The predicted molar refractivity (Wildman–Crippen MR) is 130 cm³/mol. The minimum absolute atomic E-state index is 0.183. The highest BCUT2D eigenvalue weighted by Crippen LogP contribution is 2.25. The molecule has 6 nitrogen and oxygen atoms in total. The van der Waals surface area contributed by atoms with E-state index in [1.807, 2.05) is 37.3 Å². The zero-order valence-corrected chi connectivity index (χ0v) is 18.6. The van der Waals surface area contributed by atoms with Crippen LogP contribution in [0.15, 0.2) is 72.8 Å². The standard InChI is InChI=1S/C25H25N3O3S/c1-16-7-9-17(10-8-16)13-23(29)28-21-12-11-19(27-22(15-32)25(26)31)14-20(21)24(30)18-5-3-2-4-6-18/h2-12,14,22,27,32H,13,15H2,1H3,(H2,26,31)(H,28,29)/t22-/m0/s1. The maximum absolute atomic E-state index is 13.2. The van der Waals surface area contributed by atoms with Crippen molar-refractivity contribution >= 4 is 41.6 Å². The van der Waals surface area contributed by atoms with Crippen molar-refractivity contribution in [1.82, 2.24) is 0 Å². The molecule has 3 rings (SSSR count). The summed E-state index contributed by atoms with van der Waals surface area (Å²) >= 11 is 4.14. The molecule has 0 heterocycles. The van der Waals surface area contributed by atoms with Gasteiger partial charge >= 0.3 is 0 Å². The summed E-state index contributed by atoms with van der Waals surface area (Å²) < 4.78 is 0. The van der Waals surface area contributed by atoms with Crippen LogP contribution in [0.2, 0.25) is 0 Å². The Morgan fingerprint density at radius 2 is 1.66 bits per heavy atom. The highest BCUT2D eigenvalue weighted by atomic mass is 32.1. The van der Waals surface area contributed by atoms with E-state index in [9.17, 15) is 14.4 Å². The summed E-state index contributed by atoms with van der Waals surface area (Å²) in [6.07, 6.45) is 0.183. The SMILES string of the molecule is Cc1ccc(CC(=O)Nc2ccc(N[C@@H](CS)C(N)=O)cc2C(=O)c2ccccc2)cc1. The zero-order valence-electron chi connectivity index (χ0n) is 17.7. The van der Waals surface area contributed by atoms with Gasteiger partial charge in [-0.05, 0) is 30.7 Å². The van der Waals surface area contributed by atoms with Crippen molar-refractivity contribution in [3.05, 3.63) is 95.1 Å². The first-order valence-electron chi connectivity index (χ1n) is 10.1. The molecule has 0 unspecified atom stereocenters. The molecular weight excluding hydrogens is 422 g/mol. The van der Waals surface area contributed by atoms with Gasteiger partial charge in [0, 0.05) is 22.6 Å². The number of hydrogen-bond donors (Lipinski definition) is 4. The second-order valence-corrected chi connectivity index (χ2v) is 7.81. The number of benzene rings is 3.